The first-order valence-electron chi connectivity index (χ1n) is 7.71. The monoisotopic (exact) mass is 304 g/mol. The Morgan fingerprint density at radius 3 is 2.27 bits per heavy atom. The van der Waals surface area contributed by atoms with Gasteiger partial charge in [0, 0.05) is 0 Å². The Bertz CT molecular complexity index is 564. The molecule has 1 fully saturated rings. The van der Waals surface area contributed by atoms with E-state index < -0.39 is 19.0 Å². The van der Waals surface area contributed by atoms with Crippen molar-refractivity contribution in [2.75, 3.05) is 0 Å². The maximum atomic E-state index is 11.1. The van der Waals surface area contributed by atoms with E-state index in [9.17, 15) is 4.79 Å². The van der Waals surface area contributed by atoms with Crippen molar-refractivity contribution in [3.8, 4) is 0 Å². The zero-order valence-corrected chi connectivity index (χ0v) is 14.3. The van der Waals surface area contributed by atoms with Crippen LogP contribution in [-0.2, 0) is 20.5 Å². The van der Waals surface area contributed by atoms with Gasteiger partial charge in [0.1, 0.15) is 0 Å². The molecular formula is C17H25BO4. The zero-order chi connectivity index (χ0) is 16.7. The van der Waals surface area contributed by atoms with E-state index in [4.69, 9.17) is 14.4 Å². The summed E-state index contributed by atoms with van der Waals surface area (Å²) in [4.78, 5) is 11.1. The lowest BCUT2D eigenvalue weighted by atomic mass is 9.77. The van der Waals surface area contributed by atoms with Crippen LogP contribution in [0.15, 0.2) is 18.2 Å². The van der Waals surface area contributed by atoms with Crippen molar-refractivity contribution in [2.45, 2.75) is 59.2 Å². The van der Waals surface area contributed by atoms with Crippen molar-refractivity contribution in [3.05, 3.63) is 29.3 Å². The summed E-state index contributed by atoms with van der Waals surface area (Å²) in [6.45, 7) is 11.8. The molecule has 5 heteroatoms. The van der Waals surface area contributed by atoms with E-state index in [1.165, 1.54) is 0 Å². The van der Waals surface area contributed by atoms with Crippen LogP contribution in [0.4, 0.5) is 0 Å². The van der Waals surface area contributed by atoms with E-state index in [-0.39, 0.29) is 11.2 Å². The third kappa shape index (κ3) is 3.20. The summed E-state index contributed by atoms with van der Waals surface area (Å²) in [5.41, 5.74) is 2.31. The lowest BCUT2D eigenvalue weighted by Crippen LogP contribution is -2.41. The molecule has 1 saturated heterocycles. The Morgan fingerprint density at radius 1 is 1.23 bits per heavy atom. The number of benzene rings is 1. The molecule has 0 bridgehead atoms. The highest BCUT2D eigenvalue weighted by molar-refractivity contribution is 6.62. The minimum atomic E-state index is -0.777. The van der Waals surface area contributed by atoms with E-state index in [1.54, 1.807) is 6.92 Å². The highest BCUT2D eigenvalue weighted by Crippen LogP contribution is 2.36. The second-order valence-corrected chi connectivity index (χ2v) is 7.22. The van der Waals surface area contributed by atoms with E-state index >= 15 is 0 Å². The van der Waals surface area contributed by atoms with E-state index in [2.05, 4.69) is 0 Å². The summed E-state index contributed by atoms with van der Waals surface area (Å²) in [7, 11) is -0.413. The zero-order valence-electron chi connectivity index (χ0n) is 14.3. The molecule has 1 aromatic rings. The Hall–Kier alpha value is -1.33. The summed E-state index contributed by atoms with van der Waals surface area (Å²) < 4.78 is 12.1. The minimum Gasteiger partial charge on any atom is -0.481 e. The number of carboxylic acids is 1. The van der Waals surface area contributed by atoms with Crippen molar-refractivity contribution < 1.29 is 19.2 Å². The summed E-state index contributed by atoms with van der Waals surface area (Å²) in [6.07, 6.45) is 0.508. The highest BCUT2D eigenvalue weighted by atomic mass is 16.7. The highest BCUT2D eigenvalue weighted by Gasteiger charge is 2.51. The number of carbonyl (C=O) groups is 1. The molecule has 0 spiro atoms. The van der Waals surface area contributed by atoms with Gasteiger partial charge in [0.25, 0.3) is 0 Å². The third-order valence-electron chi connectivity index (χ3n) is 4.85. The molecule has 0 saturated carbocycles. The molecule has 1 heterocycles. The number of aryl methyl sites for hydroxylation is 1. The maximum absolute atomic E-state index is 11.1. The van der Waals surface area contributed by atoms with Gasteiger partial charge >= 0.3 is 13.1 Å². The molecule has 1 aromatic carbocycles. The predicted molar refractivity (Wildman–Crippen MR) is 87.4 cm³/mol. The number of aliphatic carboxylic acids is 1. The quantitative estimate of drug-likeness (QED) is 0.869. The molecule has 1 aliphatic rings. The van der Waals surface area contributed by atoms with Gasteiger partial charge in [0.2, 0.25) is 0 Å². The van der Waals surface area contributed by atoms with Crippen LogP contribution < -0.4 is 5.46 Å². The molecule has 1 unspecified atom stereocenters. The second-order valence-electron chi connectivity index (χ2n) is 7.22. The van der Waals surface area contributed by atoms with Gasteiger partial charge in [-0.1, -0.05) is 25.1 Å². The molecule has 0 aliphatic carbocycles. The average molecular weight is 304 g/mol. The number of rotatable bonds is 4. The van der Waals surface area contributed by atoms with Gasteiger partial charge in [-0.2, -0.15) is 0 Å². The Balaban J connectivity index is 2.25. The molecular weight excluding hydrogens is 279 g/mol. The standard InChI is InChI=1S/C17H25BO4/c1-11-7-8-14(10-13(11)9-12(2)15(19)20)18-21-16(3,4)17(5,6)22-18/h7-8,10,12H,9H2,1-6H3,(H,19,20). The molecule has 120 valence electrons. The van der Waals surface area contributed by atoms with Crippen molar-refractivity contribution in [1.82, 2.24) is 0 Å². The molecule has 4 nitrogen and oxygen atoms in total. The molecule has 1 N–H and O–H groups in total. The molecule has 0 aromatic heterocycles. The molecule has 0 radical (unpaired) electrons. The molecule has 1 aliphatic heterocycles. The predicted octanol–water partition coefficient (Wildman–Crippen LogP) is 2.56. The Morgan fingerprint density at radius 2 is 1.77 bits per heavy atom. The van der Waals surface area contributed by atoms with Crippen molar-refractivity contribution in [2.24, 2.45) is 5.92 Å². The van der Waals surface area contributed by atoms with E-state index in [1.807, 2.05) is 52.8 Å². The fourth-order valence-electron chi connectivity index (χ4n) is 2.45. The van der Waals surface area contributed by atoms with E-state index in [0.717, 1.165) is 16.6 Å². The van der Waals surface area contributed by atoms with Crippen LogP contribution in [0.1, 0.15) is 45.7 Å². The van der Waals surface area contributed by atoms with Crippen molar-refractivity contribution in [1.29, 1.82) is 0 Å². The van der Waals surface area contributed by atoms with Gasteiger partial charge in [-0.15, -0.1) is 0 Å². The Labute approximate surface area is 133 Å². The first-order valence-corrected chi connectivity index (χ1v) is 7.71. The lowest BCUT2D eigenvalue weighted by molar-refractivity contribution is -0.141. The minimum absolute atomic E-state index is 0.378. The van der Waals surface area contributed by atoms with Gasteiger partial charge in [-0.25, -0.2) is 0 Å². The summed E-state index contributed by atoms with van der Waals surface area (Å²) in [6, 6.07) is 6.01. The van der Waals surface area contributed by atoms with Crippen LogP contribution in [0, 0.1) is 12.8 Å². The number of hydrogen-bond donors (Lipinski definition) is 1. The number of carboxylic acid groups (broad SMARTS) is 1. The third-order valence-corrected chi connectivity index (χ3v) is 4.85. The largest absolute Gasteiger partial charge is 0.494 e. The van der Waals surface area contributed by atoms with Crippen LogP contribution in [0.5, 0.6) is 0 Å². The topological polar surface area (TPSA) is 55.8 Å². The van der Waals surface area contributed by atoms with Gasteiger partial charge in [0.05, 0.1) is 17.1 Å². The first-order chi connectivity index (χ1) is 10.0. The summed E-state index contributed by atoms with van der Waals surface area (Å²) >= 11 is 0. The fraction of sp³-hybridized carbons (Fsp3) is 0.588. The van der Waals surface area contributed by atoms with Crippen molar-refractivity contribution in [3.63, 3.8) is 0 Å². The summed E-state index contributed by atoms with van der Waals surface area (Å²) in [5.74, 6) is -1.19. The molecule has 1 atom stereocenters. The van der Waals surface area contributed by atoms with Crippen LogP contribution in [0.3, 0.4) is 0 Å². The maximum Gasteiger partial charge on any atom is 0.494 e. The van der Waals surface area contributed by atoms with Gasteiger partial charge in [-0.3, -0.25) is 4.79 Å². The normalized spacial score (nSPS) is 20.9. The van der Waals surface area contributed by atoms with Gasteiger partial charge in [0.15, 0.2) is 0 Å². The molecule has 0 amide bonds. The number of hydrogen-bond acceptors (Lipinski definition) is 3. The van der Waals surface area contributed by atoms with E-state index in [0.29, 0.717) is 6.42 Å². The fourth-order valence-corrected chi connectivity index (χ4v) is 2.45. The second kappa shape index (κ2) is 5.71. The SMILES string of the molecule is Cc1ccc(B2OC(C)(C)C(C)(C)O2)cc1CC(C)C(=O)O. The van der Waals surface area contributed by atoms with Gasteiger partial charge < -0.3 is 14.4 Å². The average Bonchev–Trinajstić information content (AvgIpc) is 2.60. The van der Waals surface area contributed by atoms with Crippen LogP contribution >= 0.6 is 0 Å². The van der Waals surface area contributed by atoms with Crippen molar-refractivity contribution >= 4 is 18.6 Å². The van der Waals surface area contributed by atoms with Crippen LogP contribution in [0.25, 0.3) is 0 Å². The van der Waals surface area contributed by atoms with Gasteiger partial charge in [-0.05, 0) is 57.6 Å². The smallest absolute Gasteiger partial charge is 0.481 e. The van der Waals surface area contributed by atoms with Crippen LogP contribution in [-0.4, -0.2) is 29.4 Å². The molecule has 2 rings (SSSR count). The molecule has 22 heavy (non-hydrogen) atoms. The van der Waals surface area contributed by atoms with Crippen LogP contribution in [0.2, 0.25) is 0 Å². The lowest BCUT2D eigenvalue weighted by Gasteiger charge is -2.32. The Kier molecular flexibility index (Phi) is 4.42. The first kappa shape index (κ1) is 17.0. The summed E-state index contributed by atoms with van der Waals surface area (Å²) in [5, 5.41) is 9.10.